The Bertz CT molecular complexity index is 1100. The van der Waals surface area contributed by atoms with Gasteiger partial charge >= 0.3 is 7.60 Å². The van der Waals surface area contributed by atoms with Crippen molar-refractivity contribution in [3.05, 3.63) is 12.7 Å². The number of rotatable bonds is 21. The Labute approximate surface area is 239 Å². The van der Waals surface area contributed by atoms with Gasteiger partial charge in [-0.2, -0.15) is 0 Å². The Kier molecular flexibility index (Phi) is 15.0. The van der Waals surface area contributed by atoms with E-state index in [1.807, 2.05) is 0 Å². The molecular weight excluding hydrogens is 529 g/mol. The van der Waals surface area contributed by atoms with E-state index in [1.165, 1.54) is 77.0 Å². The zero-order chi connectivity index (χ0) is 28.5. The highest BCUT2D eigenvalue weighted by Gasteiger charge is 2.21. The third kappa shape index (κ3) is 12.7. The molecule has 0 saturated heterocycles. The average molecular weight is 578 g/mol. The number of anilines is 1. The van der Waals surface area contributed by atoms with Crippen LogP contribution in [0.1, 0.15) is 96.8 Å². The van der Waals surface area contributed by atoms with E-state index in [1.54, 1.807) is 17.8 Å². The fourth-order valence-corrected chi connectivity index (χ4v) is 5.45. The standard InChI is InChI=1S/C29H48N5O5P/c1-25(21-34-23-33-27-28(30)31-22-32-29(27)34)38-24-40(35,36)39-20-14-19-37-18-12-10-8-6-4-2-3-5-7-9-11-15-26-16-13-17-26/h22-23,25-26H,2-10,12-14,16-21,24H2,1H3,(H,35,36)(H2,30,31,32)/t25-/m1/s1. The number of nitrogens with two attached hydrogens (primary N) is 1. The summed E-state index contributed by atoms with van der Waals surface area (Å²) in [6.07, 6.45) is 19.2. The number of fused-ring (bicyclic) bond motifs is 1. The van der Waals surface area contributed by atoms with Gasteiger partial charge < -0.3 is 29.2 Å². The molecule has 0 aromatic carbocycles. The van der Waals surface area contributed by atoms with Crippen molar-refractivity contribution < 1.29 is 23.5 Å². The van der Waals surface area contributed by atoms with Crippen molar-refractivity contribution >= 4 is 24.6 Å². The summed E-state index contributed by atoms with van der Waals surface area (Å²) in [6.45, 7) is 3.59. The van der Waals surface area contributed by atoms with Crippen molar-refractivity contribution in [1.29, 1.82) is 0 Å². The first kappa shape index (κ1) is 32.5. The number of hydrogen-bond donors (Lipinski definition) is 2. The number of ether oxygens (including phenoxy) is 2. The van der Waals surface area contributed by atoms with Crippen molar-refractivity contribution in [2.24, 2.45) is 5.92 Å². The van der Waals surface area contributed by atoms with E-state index in [9.17, 15) is 9.46 Å². The molecule has 2 aromatic rings. The summed E-state index contributed by atoms with van der Waals surface area (Å²) in [7, 11) is -3.84. The second-order valence-electron chi connectivity index (χ2n) is 10.8. The average Bonchev–Trinajstić information content (AvgIpc) is 3.31. The SMILES string of the molecule is C[C@H](Cn1cnc2c(N)ncnc21)OCP(=O)(O)OCCCOCCCCCCCCCCCC#CC1CCC1. The van der Waals surface area contributed by atoms with Gasteiger partial charge in [0.1, 0.15) is 18.2 Å². The van der Waals surface area contributed by atoms with Crippen molar-refractivity contribution in [2.75, 3.05) is 31.9 Å². The highest BCUT2D eigenvalue weighted by Crippen LogP contribution is 2.42. The molecule has 0 amide bonds. The molecule has 0 radical (unpaired) electrons. The molecule has 2 heterocycles. The van der Waals surface area contributed by atoms with Gasteiger partial charge in [-0.1, -0.05) is 57.3 Å². The van der Waals surface area contributed by atoms with Gasteiger partial charge in [-0.3, -0.25) is 4.57 Å². The molecule has 224 valence electrons. The molecule has 1 saturated carbocycles. The number of aromatic nitrogens is 4. The maximum Gasteiger partial charge on any atom is 0.353 e. The Balaban J connectivity index is 1.08. The first-order chi connectivity index (χ1) is 19.4. The number of nitrogen functional groups attached to an aromatic ring is 1. The third-order valence-electron chi connectivity index (χ3n) is 7.13. The van der Waals surface area contributed by atoms with E-state index in [-0.39, 0.29) is 19.1 Å². The van der Waals surface area contributed by atoms with Crippen LogP contribution in [-0.4, -0.2) is 56.7 Å². The van der Waals surface area contributed by atoms with Gasteiger partial charge in [-0.05, 0) is 39.0 Å². The molecule has 0 spiro atoms. The van der Waals surface area contributed by atoms with Crippen LogP contribution in [-0.2, 0) is 25.1 Å². The predicted octanol–water partition coefficient (Wildman–Crippen LogP) is 6.08. The summed E-state index contributed by atoms with van der Waals surface area (Å²) >= 11 is 0. The molecule has 10 nitrogen and oxygen atoms in total. The molecule has 3 rings (SSSR count). The molecule has 1 aliphatic carbocycles. The smallest absolute Gasteiger partial charge is 0.353 e. The van der Waals surface area contributed by atoms with Crippen LogP contribution >= 0.6 is 7.60 Å². The normalized spacial score (nSPS) is 15.8. The van der Waals surface area contributed by atoms with E-state index < -0.39 is 7.60 Å². The molecule has 2 atom stereocenters. The van der Waals surface area contributed by atoms with Crippen molar-refractivity contribution in [1.82, 2.24) is 19.5 Å². The summed E-state index contributed by atoms with van der Waals surface area (Å²) in [5, 5.41) is 0. The van der Waals surface area contributed by atoms with Gasteiger partial charge in [-0.15, -0.1) is 5.92 Å². The van der Waals surface area contributed by atoms with E-state index in [0.717, 1.165) is 19.4 Å². The summed E-state index contributed by atoms with van der Waals surface area (Å²) in [6, 6.07) is 0. The highest BCUT2D eigenvalue weighted by atomic mass is 31.2. The molecule has 1 aliphatic rings. The summed E-state index contributed by atoms with van der Waals surface area (Å²) in [4.78, 5) is 22.4. The Hall–Kier alpha value is -2.02. The summed E-state index contributed by atoms with van der Waals surface area (Å²) in [5.74, 6) is 7.77. The lowest BCUT2D eigenvalue weighted by Gasteiger charge is -2.18. The molecule has 0 bridgehead atoms. The molecule has 40 heavy (non-hydrogen) atoms. The minimum atomic E-state index is -3.84. The van der Waals surface area contributed by atoms with Crippen molar-refractivity contribution in [3.8, 4) is 11.8 Å². The van der Waals surface area contributed by atoms with Gasteiger partial charge in [0.25, 0.3) is 0 Å². The quantitative estimate of drug-likeness (QED) is 0.103. The monoisotopic (exact) mass is 577 g/mol. The number of nitrogens with zero attached hydrogens (tertiary/aromatic N) is 4. The van der Waals surface area contributed by atoms with Crippen LogP contribution in [0.2, 0.25) is 0 Å². The van der Waals surface area contributed by atoms with Crippen LogP contribution in [0.3, 0.4) is 0 Å². The number of hydrogen-bond acceptors (Lipinski definition) is 8. The fourth-order valence-electron chi connectivity index (χ4n) is 4.52. The van der Waals surface area contributed by atoms with Crippen LogP contribution in [0.25, 0.3) is 11.2 Å². The minimum absolute atomic E-state index is 0.154. The highest BCUT2D eigenvalue weighted by molar-refractivity contribution is 7.52. The number of imidazole rings is 1. The molecule has 1 unspecified atom stereocenters. The molecular formula is C29H48N5O5P. The van der Waals surface area contributed by atoms with E-state index in [0.29, 0.717) is 42.5 Å². The van der Waals surface area contributed by atoms with Crippen LogP contribution in [0.15, 0.2) is 12.7 Å². The van der Waals surface area contributed by atoms with Crippen LogP contribution in [0.5, 0.6) is 0 Å². The lowest BCUT2D eigenvalue weighted by atomic mass is 9.86. The van der Waals surface area contributed by atoms with Gasteiger partial charge in [-0.25, -0.2) is 15.0 Å². The molecule has 1 fully saturated rings. The first-order valence-electron chi connectivity index (χ1n) is 15.0. The Morgan fingerprint density at radius 1 is 1.02 bits per heavy atom. The number of unbranched alkanes of at least 4 members (excludes halogenated alkanes) is 9. The van der Waals surface area contributed by atoms with Crippen molar-refractivity contribution in [2.45, 2.75) is 109 Å². The van der Waals surface area contributed by atoms with Gasteiger partial charge in [0.15, 0.2) is 11.5 Å². The lowest BCUT2D eigenvalue weighted by Crippen LogP contribution is -2.17. The lowest BCUT2D eigenvalue weighted by molar-refractivity contribution is 0.0688. The first-order valence-corrected chi connectivity index (χ1v) is 16.8. The Morgan fingerprint density at radius 3 is 2.45 bits per heavy atom. The maximum absolute atomic E-state index is 12.3. The topological polar surface area (TPSA) is 135 Å². The summed E-state index contributed by atoms with van der Waals surface area (Å²) in [5.41, 5.74) is 6.91. The zero-order valence-corrected chi connectivity index (χ0v) is 25.0. The maximum atomic E-state index is 12.3. The van der Waals surface area contributed by atoms with Crippen LogP contribution in [0, 0.1) is 17.8 Å². The van der Waals surface area contributed by atoms with E-state index in [4.69, 9.17) is 19.7 Å². The Morgan fingerprint density at radius 2 is 1.73 bits per heavy atom. The van der Waals surface area contributed by atoms with Gasteiger partial charge in [0.2, 0.25) is 0 Å². The second-order valence-corrected chi connectivity index (χ2v) is 12.5. The predicted molar refractivity (Wildman–Crippen MR) is 158 cm³/mol. The largest absolute Gasteiger partial charge is 0.382 e. The van der Waals surface area contributed by atoms with Crippen molar-refractivity contribution in [3.63, 3.8) is 0 Å². The molecule has 2 aromatic heterocycles. The van der Waals surface area contributed by atoms with Crippen LogP contribution < -0.4 is 5.73 Å². The third-order valence-corrected chi connectivity index (χ3v) is 8.19. The van der Waals surface area contributed by atoms with Gasteiger partial charge in [0, 0.05) is 25.6 Å². The minimum Gasteiger partial charge on any atom is -0.382 e. The second kappa shape index (κ2) is 18.4. The molecule has 3 N–H and O–H groups in total. The molecule has 0 aliphatic heterocycles. The van der Waals surface area contributed by atoms with Crippen LogP contribution in [0.4, 0.5) is 5.82 Å². The molecule has 11 heteroatoms. The van der Waals surface area contributed by atoms with E-state index >= 15 is 0 Å². The van der Waals surface area contributed by atoms with E-state index in [2.05, 4.69) is 26.8 Å². The fraction of sp³-hybridized carbons (Fsp3) is 0.759. The zero-order valence-electron chi connectivity index (χ0n) is 24.1. The van der Waals surface area contributed by atoms with Gasteiger partial charge in [0.05, 0.1) is 25.6 Å². The summed E-state index contributed by atoms with van der Waals surface area (Å²) < 4.78 is 30.4.